The van der Waals surface area contributed by atoms with Crippen molar-refractivity contribution >= 4 is 23.2 Å². The maximum absolute atomic E-state index is 13.7. The highest BCUT2D eigenvalue weighted by atomic mass is 32.1. The number of carbonyl (C=O) groups excluding carboxylic acids is 2. The molecule has 0 radical (unpaired) electrons. The van der Waals surface area contributed by atoms with Crippen LogP contribution in [0.4, 0.5) is 8.78 Å². The summed E-state index contributed by atoms with van der Waals surface area (Å²) < 4.78 is 31.8. The number of amides is 1. The van der Waals surface area contributed by atoms with E-state index in [9.17, 15) is 18.4 Å². The van der Waals surface area contributed by atoms with Crippen LogP contribution in [0.1, 0.15) is 52.2 Å². The van der Waals surface area contributed by atoms with Gasteiger partial charge in [-0.1, -0.05) is 6.07 Å². The van der Waals surface area contributed by atoms with E-state index in [0.717, 1.165) is 43.4 Å². The van der Waals surface area contributed by atoms with Crippen molar-refractivity contribution in [3.63, 3.8) is 0 Å². The lowest BCUT2D eigenvalue weighted by atomic mass is 9.96. The van der Waals surface area contributed by atoms with E-state index in [2.05, 4.69) is 5.32 Å². The van der Waals surface area contributed by atoms with Crippen LogP contribution in [-0.4, -0.2) is 18.5 Å². The second-order valence-corrected chi connectivity index (χ2v) is 7.25. The molecule has 26 heavy (non-hydrogen) atoms. The number of aryl methyl sites for hydroxylation is 1. The second kappa shape index (κ2) is 7.95. The van der Waals surface area contributed by atoms with Crippen LogP contribution < -0.4 is 5.32 Å². The number of halogens is 2. The smallest absolute Gasteiger partial charge is 0.339 e. The van der Waals surface area contributed by atoms with Gasteiger partial charge >= 0.3 is 5.97 Å². The third-order valence-electron chi connectivity index (χ3n) is 4.42. The monoisotopic (exact) mass is 379 g/mol. The molecule has 1 aromatic heterocycles. The number of fused-ring (bicyclic) bond motifs is 1. The molecule has 1 aliphatic carbocycles. The van der Waals surface area contributed by atoms with Crippen LogP contribution in [0, 0.1) is 11.6 Å². The van der Waals surface area contributed by atoms with E-state index in [-0.39, 0.29) is 5.56 Å². The Hall–Kier alpha value is -2.28. The quantitative estimate of drug-likeness (QED) is 0.801. The molecule has 0 bridgehead atoms. The van der Waals surface area contributed by atoms with Gasteiger partial charge in [0.05, 0.1) is 11.6 Å². The highest BCUT2D eigenvalue weighted by Crippen LogP contribution is 2.30. The summed E-state index contributed by atoms with van der Waals surface area (Å²) in [6.07, 6.45) is 4.01. The first-order chi connectivity index (χ1) is 12.5. The Morgan fingerprint density at radius 3 is 2.81 bits per heavy atom. The van der Waals surface area contributed by atoms with Gasteiger partial charge in [-0.15, -0.1) is 11.3 Å². The fourth-order valence-corrected chi connectivity index (χ4v) is 4.20. The molecule has 0 saturated carbocycles. The summed E-state index contributed by atoms with van der Waals surface area (Å²) in [7, 11) is 0. The molecule has 1 aliphatic rings. The van der Waals surface area contributed by atoms with Gasteiger partial charge in [-0.05, 0) is 44.2 Å². The molecular weight excluding hydrogens is 360 g/mol. The van der Waals surface area contributed by atoms with Crippen LogP contribution in [0.5, 0.6) is 0 Å². The SMILES string of the molecule is C[C@H](NC(=O)COC(=O)c1csc2c1CCCC2)c1ccc(F)cc1F. The fraction of sp³-hybridized carbons (Fsp3) is 0.368. The highest BCUT2D eigenvalue weighted by Gasteiger charge is 2.22. The zero-order valence-electron chi connectivity index (χ0n) is 14.3. The van der Waals surface area contributed by atoms with E-state index < -0.39 is 36.2 Å². The summed E-state index contributed by atoms with van der Waals surface area (Å²) >= 11 is 1.55. The van der Waals surface area contributed by atoms with Crippen LogP contribution in [0.25, 0.3) is 0 Å². The Kier molecular flexibility index (Phi) is 5.66. The van der Waals surface area contributed by atoms with Gasteiger partial charge < -0.3 is 10.1 Å². The lowest BCUT2D eigenvalue weighted by Gasteiger charge is -2.15. The van der Waals surface area contributed by atoms with E-state index in [1.54, 1.807) is 23.6 Å². The number of hydrogen-bond donors (Lipinski definition) is 1. The van der Waals surface area contributed by atoms with Gasteiger partial charge in [-0.2, -0.15) is 0 Å². The van der Waals surface area contributed by atoms with E-state index in [1.165, 1.54) is 10.9 Å². The fourth-order valence-electron chi connectivity index (χ4n) is 3.09. The van der Waals surface area contributed by atoms with Crippen molar-refractivity contribution in [2.45, 2.75) is 38.6 Å². The highest BCUT2D eigenvalue weighted by molar-refractivity contribution is 7.10. The summed E-state index contributed by atoms with van der Waals surface area (Å²) in [5, 5.41) is 4.33. The number of ether oxygens (including phenoxy) is 1. The van der Waals surface area contributed by atoms with Crippen molar-refractivity contribution in [1.82, 2.24) is 5.32 Å². The lowest BCUT2D eigenvalue weighted by Crippen LogP contribution is -2.31. The summed E-state index contributed by atoms with van der Waals surface area (Å²) in [6, 6.07) is 2.49. The third-order valence-corrected chi connectivity index (χ3v) is 5.51. The number of thiophene rings is 1. The van der Waals surface area contributed by atoms with Crippen molar-refractivity contribution in [1.29, 1.82) is 0 Å². The van der Waals surface area contributed by atoms with Gasteiger partial charge in [0.2, 0.25) is 0 Å². The third kappa shape index (κ3) is 4.09. The summed E-state index contributed by atoms with van der Waals surface area (Å²) in [4.78, 5) is 25.4. The first-order valence-electron chi connectivity index (χ1n) is 8.46. The molecule has 1 amide bonds. The van der Waals surface area contributed by atoms with Gasteiger partial charge in [0.1, 0.15) is 11.6 Å². The zero-order valence-corrected chi connectivity index (χ0v) is 15.1. The number of hydrogen-bond acceptors (Lipinski definition) is 4. The van der Waals surface area contributed by atoms with Crippen LogP contribution in [-0.2, 0) is 22.4 Å². The summed E-state index contributed by atoms with van der Waals surface area (Å²) in [5.41, 5.74) is 1.74. The Labute approximate surface area is 154 Å². The van der Waals surface area contributed by atoms with Crippen molar-refractivity contribution in [3.8, 4) is 0 Å². The number of esters is 1. The first-order valence-corrected chi connectivity index (χ1v) is 9.34. The molecule has 0 spiro atoms. The predicted molar refractivity (Wildman–Crippen MR) is 94.2 cm³/mol. The number of rotatable bonds is 5. The molecule has 1 atom stereocenters. The number of nitrogens with one attached hydrogen (secondary N) is 1. The Morgan fingerprint density at radius 2 is 2.04 bits per heavy atom. The summed E-state index contributed by atoms with van der Waals surface area (Å²) in [5.74, 6) is -2.48. The molecule has 1 N–H and O–H groups in total. The topological polar surface area (TPSA) is 55.4 Å². The maximum atomic E-state index is 13.7. The minimum atomic E-state index is -0.736. The van der Waals surface area contributed by atoms with E-state index in [4.69, 9.17) is 4.74 Å². The molecule has 1 aromatic carbocycles. The first kappa shape index (κ1) is 18.5. The minimum absolute atomic E-state index is 0.165. The van der Waals surface area contributed by atoms with Crippen LogP contribution in [0.2, 0.25) is 0 Å². The number of benzene rings is 1. The Balaban J connectivity index is 1.55. The zero-order chi connectivity index (χ0) is 18.7. The molecule has 7 heteroatoms. The lowest BCUT2D eigenvalue weighted by molar-refractivity contribution is -0.124. The molecule has 1 heterocycles. The molecule has 2 aromatic rings. The average molecular weight is 379 g/mol. The van der Waals surface area contributed by atoms with Crippen LogP contribution in [0.15, 0.2) is 23.6 Å². The summed E-state index contributed by atoms with van der Waals surface area (Å²) in [6.45, 7) is 1.13. The van der Waals surface area contributed by atoms with E-state index in [0.29, 0.717) is 5.56 Å². The minimum Gasteiger partial charge on any atom is -0.452 e. The maximum Gasteiger partial charge on any atom is 0.339 e. The molecule has 0 fully saturated rings. The molecule has 0 unspecified atom stereocenters. The normalized spacial score (nSPS) is 14.4. The van der Waals surface area contributed by atoms with E-state index >= 15 is 0 Å². The van der Waals surface area contributed by atoms with Gasteiger partial charge in [0, 0.05) is 21.9 Å². The average Bonchev–Trinajstić information content (AvgIpc) is 3.03. The number of carbonyl (C=O) groups is 2. The van der Waals surface area contributed by atoms with Gasteiger partial charge in [0.25, 0.3) is 5.91 Å². The Morgan fingerprint density at radius 1 is 1.27 bits per heavy atom. The van der Waals surface area contributed by atoms with Crippen molar-refractivity contribution in [2.24, 2.45) is 0 Å². The van der Waals surface area contributed by atoms with Gasteiger partial charge in [0.15, 0.2) is 6.61 Å². The standard InChI is InChI=1S/C19H19F2NO3S/c1-11(13-7-6-12(20)8-16(13)21)22-18(23)9-25-19(24)15-10-26-17-5-3-2-4-14(15)17/h6-8,10-11H,2-5,9H2,1H3,(H,22,23)/t11-/m0/s1. The second-order valence-electron chi connectivity index (χ2n) is 6.29. The molecule has 0 saturated heterocycles. The predicted octanol–water partition coefficient (Wildman–Crippen LogP) is 3.94. The van der Waals surface area contributed by atoms with Crippen LogP contribution >= 0.6 is 11.3 Å². The largest absolute Gasteiger partial charge is 0.452 e. The molecule has 3 rings (SSSR count). The van der Waals surface area contributed by atoms with Gasteiger partial charge in [-0.3, -0.25) is 4.79 Å². The molecule has 0 aliphatic heterocycles. The van der Waals surface area contributed by atoms with E-state index in [1.807, 2.05) is 0 Å². The van der Waals surface area contributed by atoms with Crippen LogP contribution in [0.3, 0.4) is 0 Å². The van der Waals surface area contributed by atoms with Crippen molar-refractivity contribution in [2.75, 3.05) is 6.61 Å². The van der Waals surface area contributed by atoms with Crippen molar-refractivity contribution in [3.05, 3.63) is 56.8 Å². The molecule has 138 valence electrons. The van der Waals surface area contributed by atoms with Gasteiger partial charge in [-0.25, -0.2) is 13.6 Å². The molecular formula is C19H19F2NO3S. The Bertz CT molecular complexity index is 834. The molecule has 4 nitrogen and oxygen atoms in total. The van der Waals surface area contributed by atoms with Crippen molar-refractivity contribution < 1.29 is 23.1 Å².